The third-order valence-corrected chi connectivity index (χ3v) is 3.12. The van der Waals surface area contributed by atoms with Crippen molar-refractivity contribution in [3.63, 3.8) is 0 Å². The lowest BCUT2D eigenvalue weighted by Crippen LogP contribution is -2.12. The fourth-order valence-corrected chi connectivity index (χ4v) is 1.99. The van der Waals surface area contributed by atoms with Crippen LogP contribution < -0.4 is 10.5 Å². The summed E-state index contributed by atoms with van der Waals surface area (Å²) in [6.45, 7) is 3.78. The van der Waals surface area contributed by atoms with Crippen LogP contribution in [0.5, 0.6) is 11.5 Å². The molecule has 6 heteroatoms. The van der Waals surface area contributed by atoms with Gasteiger partial charge in [0.2, 0.25) is 0 Å². The van der Waals surface area contributed by atoms with Crippen molar-refractivity contribution in [2.75, 3.05) is 0 Å². The number of halogens is 1. The number of nitrogens with zero attached hydrogens (tertiary/aromatic N) is 2. The molecule has 100 valence electrons. The van der Waals surface area contributed by atoms with Crippen molar-refractivity contribution >= 4 is 17.4 Å². The van der Waals surface area contributed by atoms with Gasteiger partial charge in [0.25, 0.3) is 0 Å². The Kier molecular flexibility index (Phi) is 3.48. The second-order valence-corrected chi connectivity index (χ2v) is 4.72. The minimum Gasteiger partial charge on any atom is -0.453 e. The van der Waals surface area contributed by atoms with E-state index in [1.165, 1.54) is 0 Å². The molecule has 0 aliphatic heterocycles. The Hall–Kier alpha value is -2.01. The first-order chi connectivity index (χ1) is 8.90. The number of benzene rings is 1. The van der Waals surface area contributed by atoms with Crippen molar-refractivity contribution in [2.24, 2.45) is 12.8 Å². The van der Waals surface area contributed by atoms with Crippen LogP contribution >= 0.6 is 11.6 Å². The lowest BCUT2D eigenvalue weighted by molar-refractivity contribution is 0.473. The Balaban J connectivity index is 2.46. The fraction of sp³-hybridized carbons (Fsp3) is 0.231. The standard InChI is InChI=1S/C13H15ClN4O/c1-7-12(8(2)18(3)17-7)19-11-5-4-9(14)6-10(11)13(15)16/h4-6H,1-3H3,(H3,15,16). The number of nitrogens with one attached hydrogen (secondary N) is 1. The highest BCUT2D eigenvalue weighted by Crippen LogP contribution is 2.31. The number of amidine groups is 1. The molecule has 0 atom stereocenters. The Morgan fingerprint density at radius 3 is 2.63 bits per heavy atom. The van der Waals surface area contributed by atoms with Crippen LogP contribution in [0.2, 0.25) is 5.02 Å². The Morgan fingerprint density at radius 2 is 2.11 bits per heavy atom. The monoisotopic (exact) mass is 278 g/mol. The first-order valence-corrected chi connectivity index (χ1v) is 6.10. The second-order valence-electron chi connectivity index (χ2n) is 4.28. The van der Waals surface area contributed by atoms with Crippen LogP contribution in [0.15, 0.2) is 18.2 Å². The maximum atomic E-state index is 7.57. The minimum absolute atomic E-state index is 0.0864. The highest BCUT2D eigenvalue weighted by Gasteiger charge is 2.15. The van der Waals surface area contributed by atoms with Gasteiger partial charge >= 0.3 is 0 Å². The van der Waals surface area contributed by atoms with E-state index in [1.807, 2.05) is 20.9 Å². The van der Waals surface area contributed by atoms with Crippen LogP contribution in [0.4, 0.5) is 0 Å². The van der Waals surface area contributed by atoms with Gasteiger partial charge in [-0.05, 0) is 32.0 Å². The van der Waals surface area contributed by atoms with E-state index in [4.69, 9.17) is 27.5 Å². The van der Waals surface area contributed by atoms with E-state index in [0.29, 0.717) is 22.1 Å². The molecule has 1 aromatic carbocycles. The molecule has 5 nitrogen and oxygen atoms in total. The summed E-state index contributed by atoms with van der Waals surface area (Å²) < 4.78 is 7.59. The zero-order chi connectivity index (χ0) is 14.2. The first kappa shape index (κ1) is 13.4. The van der Waals surface area contributed by atoms with Crippen LogP contribution in [-0.4, -0.2) is 15.6 Å². The molecule has 0 aliphatic carbocycles. The number of nitrogens with two attached hydrogens (primary N) is 1. The van der Waals surface area contributed by atoms with Crippen LogP contribution in [0.25, 0.3) is 0 Å². The summed E-state index contributed by atoms with van der Waals surface area (Å²) in [5.74, 6) is 1.08. The van der Waals surface area contributed by atoms with E-state index in [2.05, 4.69) is 5.10 Å². The summed E-state index contributed by atoms with van der Waals surface area (Å²) in [6.07, 6.45) is 0. The highest BCUT2D eigenvalue weighted by molar-refractivity contribution is 6.31. The molecule has 0 aliphatic rings. The van der Waals surface area contributed by atoms with E-state index in [-0.39, 0.29) is 5.84 Å². The molecule has 2 aromatic rings. The maximum Gasteiger partial charge on any atom is 0.171 e. The quantitative estimate of drug-likeness (QED) is 0.669. The average Bonchev–Trinajstić information content (AvgIpc) is 2.57. The van der Waals surface area contributed by atoms with E-state index in [1.54, 1.807) is 22.9 Å². The summed E-state index contributed by atoms with van der Waals surface area (Å²) >= 11 is 5.91. The van der Waals surface area contributed by atoms with E-state index in [9.17, 15) is 0 Å². The van der Waals surface area contributed by atoms with E-state index < -0.39 is 0 Å². The van der Waals surface area contributed by atoms with Gasteiger partial charge in [-0.25, -0.2) is 0 Å². The van der Waals surface area contributed by atoms with Crippen molar-refractivity contribution in [3.8, 4) is 11.5 Å². The molecular weight excluding hydrogens is 264 g/mol. The Bertz CT molecular complexity index is 648. The van der Waals surface area contributed by atoms with Crippen LogP contribution in [0.1, 0.15) is 17.0 Å². The molecule has 2 rings (SSSR count). The van der Waals surface area contributed by atoms with Crippen LogP contribution in [-0.2, 0) is 7.05 Å². The SMILES string of the molecule is Cc1nn(C)c(C)c1Oc1ccc(Cl)cc1C(=N)N. The minimum atomic E-state index is -0.0864. The molecular formula is C13H15ClN4O. The van der Waals surface area contributed by atoms with Crippen molar-refractivity contribution in [1.82, 2.24) is 9.78 Å². The predicted molar refractivity (Wildman–Crippen MR) is 75.2 cm³/mol. The number of aryl methyl sites for hydroxylation is 2. The largest absolute Gasteiger partial charge is 0.453 e. The number of ether oxygens (including phenoxy) is 1. The maximum absolute atomic E-state index is 7.57. The zero-order valence-electron chi connectivity index (χ0n) is 11.0. The molecule has 3 N–H and O–H groups in total. The molecule has 1 heterocycles. The number of nitrogen functional groups attached to an aromatic ring is 1. The van der Waals surface area contributed by atoms with E-state index >= 15 is 0 Å². The molecule has 1 aromatic heterocycles. The van der Waals surface area contributed by atoms with Gasteiger partial charge in [-0.2, -0.15) is 5.10 Å². The van der Waals surface area contributed by atoms with Crippen LogP contribution in [0.3, 0.4) is 0 Å². The summed E-state index contributed by atoms with van der Waals surface area (Å²) in [6, 6.07) is 5.01. The van der Waals surface area contributed by atoms with Gasteiger partial charge in [-0.1, -0.05) is 11.6 Å². The molecule has 0 spiro atoms. The number of hydrogen-bond acceptors (Lipinski definition) is 3. The first-order valence-electron chi connectivity index (χ1n) is 5.72. The van der Waals surface area contributed by atoms with Gasteiger partial charge in [-0.3, -0.25) is 10.1 Å². The lowest BCUT2D eigenvalue weighted by Gasteiger charge is -2.11. The topological polar surface area (TPSA) is 76.9 Å². The molecule has 0 amide bonds. The molecule has 0 saturated heterocycles. The predicted octanol–water partition coefficient (Wildman–Crippen LogP) is 2.77. The van der Waals surface area contributed by atoms with Gasteiger partial charge in [-0.15, -0.1) is 0 Å². The fourth-order valence-electron chi connectivity index (χ4n) is 1.81. The second kappa shape index (κ2) is 4.93. The molecule has 0 fully saturated rings. The Morgan fingerprint density at radius 1 is 1.42 bits per heavy atom. The van der Waals surface area contributed by atoms with Crippen molar-refractivity contribution in [1.29, 1.82) is 5.41 Å². The molecule has 0 saturated carbocycles. The van der Waals surface area contributed by atoms with Gasteiger partial charge in [0.05, 0.1) is 11.3 Å². The van der Waals surface area contributed by atoms with Gasteiger partial charge in [0, 0.05) is 12.1 Å². The summed E-state index contributed by atoms with van der Waals surface area (Å²) in [4.78, 5) is 0. The van der Waals surface area contributed by atoms with E-state index in [0.717, 1.165) is 11.4 Å². The number of hydrogen-bond donors (Lipinski definition) is 2. The number of rotatable bonds is 3. The summed E-state index contributed by atoms with van der Waals surface area (Å²) in [5, 5.41) is 12.4. The van der Waals surface area contributed by atoms with Crippen molar-refractivity contribution in [2.45, 2.75) is 13.8 Å². The normalized spacial score (nSPS) is 10.5. The summed E-state index contributed by atoms with van der Waals surface area (Å²) in [7, 11) is 1.85. The molecule has 0 radical (unpaired) electrons. The van der Waals surface area contributed by atoms with Crippen molar-refractivity contribution in [3.05, 3.63) is 40.2 Å². The molecule has 19 heavy (non-hydrogen) atoms. The van der Waals surface area contributed by atoms with Gasteiger partial charge in [0.1, 0.15) is 17.3 Å². The lowest BCUT2D eigenvalue weighted by atomic mass is 10.2. The third-order valence-electron chi connectivity index (χ3n) is 2.89. The highest BCUT2D eigenvalue weighted by atomic mass is 35.5. The smallest absolute Gasteiger partial charge is 0.171 e. The molecule has 0 bridgehead atoms. The number of aromatic nitrogens is 2. The third kappa shape index (κ3) is 2.56. The Labute approximate surface area is 116 Å². The molecule has 0 unspecified atom stereocenters. The van der Waals surface area contributed by atoms with Gasteiger partial charge in [0.15, 0.2) is 5.75 Å². The zero-order valence-corrected chi connectivity index (χ0v) is 11.7. The summed E-state index contributed by atoms with van der Waals surface area (Å²) in [5.41, 5.74) is 7.70. The average molecular weight is 279 g/mol. The van der Waals surface area contributed by atoms with Crippen LogP contribution in [0, 0.1) is 19.3 Å². The van der Waals surface area contributed by atoms with Crippen molar-refractivity contribution < 1.29 is 4.74 Å². The van der Waals surface area contributed by atoms with Gasteiger partial charge < -0.3 is 10.5 Å².